The first kappa shape index (κ1) is 12.0. The van der Waals surface area contributed by atoms with E-state index in [0.29, 0.717) is 0 Å². The molecule has 0 radical (unpaired) electrons. The standard InChI is InChI=1S/C9H8ClNO3S/c1-15-5-8(12)9-6(10)3-2-4-7(9)11(13)14/h2-4H,5H2,1H3. The lowest BCUT2D eigenvalue weighted by Crippen LogP contribution is -2.07. The Labute approximate surface area is 95.8 Å². The van der Waals surface area contributed by atoms with Crippen molar-refractivity contribution < 1.29 is 9.72 Å². The Morgan fingerprint density at radius 1 is 1.60 bits per heavy atom. The molecule has 0 saturated heterocycles. The summed E-state index contributed by atoms with van der Waals surface area (Å²) in [6.45, 7) is 0. The van der Waals surface area contributed by atoms with Crippen LogP contribution in [0, 0.1) is 10.1 Å². The van der Waals surface area contributed by atoms with Gasteiger partial charge >= 0.3 is 0 Å². The van der Waals surface area contributed by atoms with Gasteiger partial charge in [-0.05, 0) is 12.3 Å². The second-order valence-electron chi connectivity index (χ2n) is 2.75. The third-order valence-corrected chi connectivity index (χ3v) is 2.61. The quantitative estimate of drug-likeness (QED) is 0.465. The number of carbonyl (C=O) groups is 1. The molecule has 1 rings (SSSR count). The van der Waals surface area contributed by atoms with Gasteiger partial charge in [0.25, 0.3) is 5.69 Å². The molecule has 0 aromatic heterocycles. The predicted octanol–water partition coefficient (Wildman–Crippen LogP) is 2.79. The monoisotopic (exact) mass is 245 g/mol. The first-order valence-electron chi connectivity index (χ1n) is 4.03. The molecule has 6 heteroatoms. The minimum absolute atomic E-state index is 0.00137. The molecule has 0 aliphatic rings. The molecule has 0 spiro atoms. The van der Waals surface area contributed by atoms with Gasteiger partial charge in [0, 0.05) is 6.07 Å². The van der Waals surface area contributed by atoms with Gasteiger partial charge in [0.15, 0.2) is 5.78 Å². The van der Waals surface area contributed by atoms with E-state index in [9.17, 15) is 14.9 Å². The number of benzene rings is 1. The maximum atomic E-state index is 11.6. The van der Waals surface area contributed by atoms with Crippen LogP contribution in [0.4, 0.5) is 5.69 Å². The molecule has 0 saturated carbocycles. The van der Waals surface area contributed by atoms with Crippen LogP contribution in [0.15, 0.2) is 18.2 Å². The van der Waals surface area contributed by atoms with E-state index in [-0.39, 0.29) is 27.8 Å². The van der Waals surface area contributed by atoms with Crippen LogP contribution >= 0.6 is 23.4 Å². The second kappa shape index (κ2) is 5.14. The fraction of sp³-hybridized carbons (Fsp3) is 0.222. The minimum atomic E-state index is -0.598. The number of carbonyl (C=O) groups excluding carboxylic acids is 1. The maximum absolute atomic E-state index is 11.6. The van der Waals surface area contributed by atoms with Crippen molar-refractivity contribution in [2.75, 3.05) is 12.0 Å². The van der Waals surface area contributed by atoms with Crippen molar-refractivity contribution in [1.82, 2.24) is 0 Å². The van der Waals surface area contributed by atoms with Crippen LogP contribution in [0.2, 0.25) is 5.02 Å². The van der Waals surface area contributed by atoms with Crippen LogP contribution in [0.1, 0.15) is 10.4 Å². The number of hydrogen-bond donors (Lipinski definition) is 0. The fourth-order valence-corrected chi connectivity index (χ4v) is 1.83. The number of rotatable bonds is 4. The van der Waals surface area contributed by atoms with Crippen LogP contribution in [-0.4, -0.2) is 22.7 Å². The summed E-state index contributed by atoms with van der Waals surface area (Å²) in [4.78, 5) is 21.7. The Morgan fingerprint density at radius 3 is 2.80 bits per heavy atom. The van der Waals surface area contributed by atoms with Crippen molar-refractivity contribution in [3.05, 3.63) is 38.9 Å². The molecule has 0 aliphatic carbocycles. The largest absolute Gasteiger partial charge is 0.293 e. The summed E-state index contributed by atoms with van der Waals surface area (Å²) in [6, 6.07) is 4.21. The van der Waals surface area contributed by atoms with Crippen LogP contribution in [0.25, 0.3) is 0 Å². The molecule has 80 valence electrons. The predicted molar refractivity (Wildman–Crippen MR) is 60.8 cm³/mol. The Hall–Kier alpha value is -1.07. The lowest BCUT2D eigenvalue weighted by Gasteiger charge is -2.02. The first-order chi connectivity index (χ1) is 7.07. The highest BCUT2D eigenvalue weighted by Gasteiger charge is 2.22. The highest BCUT2D eigenvalue weighted by Crippen LogP contribution is 2.27. The normalized spacial score (nSPS) is 10.0. The van der Waals surface area contributed by atoms with E-state index in [2.05, 4.69) is 0 Å². The topological polar surface area (TPSA) is 60.2 Å². The summed E-state index contributed by atoms with van der Waals surface area (Å²) >= 11 is 7.07. The number of ketones is 1. The van der Waals surface area contributed by atoms with Crippen molar-refractivity contribution in [2.24, 2.45) is 0 Å². The number of hydrogen-bond acceptors (Lipinski definition) is 4. The molecule has 1 aromatic rings. The number of halogens is 1. The summed E-state index contributed by atoms with van der Waals surface area (Å²) in [5.74, 6) is -0.135. The molecular formula is C9H8ClNO3S. The van der Waals surface area contributed by atoms with Crippen molar-refractivity contribution in [3.63, 3.8) is 0 Å². The van der Waals surface area contributed by atoms with Crippen LogP contribution in [0.3, 0.4) is 0 Å². The Balaban J connectivity index is 3.24. The fourth-order valence-electron chi connectivity index (χ4n) is 1.14. The summed E-state index contributed by atoms with van der Waals surface area (Å²) in [7, 11) is 0. The molecule has 0 atom stereocenters. The zero-order chi connectivity index (χ0) is 11.4. The smallest absolute Gasteiger partial charge is 0.281 e. The van der Waals surface area contributed by atoms with Crippen molar-refractivity contribution in [2.45, 2.75) is 0 Å². The zero-order valence-electron chi connectivity index (χ0n) is 7.90. The molecular weight excluding hydrogens is 238 g/mol. The highest BCUT2D eigenvalue weighted by atomic mass is 35.5. The lowest BCUT2D eigenvalue weighted by molar-refractivity contribution is -0.385. The molecule has 0 aliphatic heterocycles. The molecule has 0 fully saturated rings. The number of nitrogens with zero attached hydrogens (tertiary/aromatic N) is 1. The van der Waals surface area contributed by atoms with Gasteiger partial charge < -0.3 is 0 Å². The number of nitro benzene ring substituents is 1. The average molecular weight is 246 g/mol. The molecule has 0 amide bonds. The van der Waals surface area contributed by atoms with E-state index in [1.807, 2.05) is 0 Å². The summed E-state index contributed by atoms with van der Waals surface area (Å²) in [6.07, 6.45) is 1.75. The van der Waals surface area contributed by atoms with Gasteiger partial charge in [-0.25, -0.2) is 0 Å². The van der Waals surface area contributed by atoms with Crippen molar-refractivity contribution >= 4 is 34.8 Å². The van der Waals surface area contributed by atoms with E-state index in [1.165, 1.54) is 30.0 Å². The zero-order valence-corrected chi connectivity index (χ0v) is 9.47. The number of Topliss-reactive ketones (excluding diaryl/α,β-unsaturated/α-hetero) is 1. The Kier molecular flexibility index (Phi) is 4.11. The average Bonchev–Trinajstić information content (AvgIpc) is 2.17. The van der Waals surface area contributed by atoms with Gasteiger partial charge in [0.05, 0.1) is 15.7 Å². The minimum Gasteiger partial charge on any atom is -0.293 e. The summed E-state index contributed by atoms with van der Waals surface area (Å²) in [5.41, 5.74) is -0.236. The van der Waals surface area contributed by atoms with Crippen LogP contribution < -0.4 is 0 Å². The second-order valence-corrected chi connectivity index (χ2v) is 4.02. The SMILES string of the molecule is CSCC(=O)c1c(Cl)cccc1[N+](=O)[O-]. The van der Waals surface area contributed by atoms with Gasteiger partial charge in [-0.1, -0.05) is 17.7 Å². The molecule has 4 nitrogen and oxygen atoms in total. The van der Waals surface area contributed by atoms with E-state index >= 15 is 0 Å². The Morgan fingerprint density at radius 2 is 2.27 bits per heavy atom. The van der Waals surface area contributed by atoms with E-state index in [4.69, 9.17) is 11.6 Å². The molecule has 0 unspecified atom stereocenters. The summed E-state index contributed by atoms with van der Waals surface area (Å²) in [5, 5.41) is 10.8. The van der Waals surface area contributed by atoms with Crippen LogP contribution in [0.5, 0.6) is 0 Å². The van der Waals surface area contributed by atoms with Gasteiger partial charge in [0.2, 0.25) is 0 Å². The van der Waals surface area contributed by atoms with Gasteiger partial charge in [-0.15, -0.1) is 0 Å². The molecule has 0 N–H and O–H groups in total. The van der Waals surface area contributed by atoms with Crippen LogP contribution in [-0.2, 0) is 0 Å². The number of thioether (sulfide) groups is 1. The van der Waals surface area contributed by atoms with E-state index in [0.717, 1.165) is 0 Å². The molecule has 0 bridgehead atoms. The van der Waals surface area contributed by atoms with E-state index < -0.39 is 4.92 Å². The van der Waals surface area contributed by atoms with Crippen molar-refractivity contribution in [3.8, 4) is 0 Å². The molecule has 1 aromatic carbocycles. The van der Waals surface area contributed by atoms with Gasteiger partial charge in [0.1, 0.15) is 5.56 Å². The van der Waals surface area contributed by atoms with Crippen molar-refractivity contribution in [1.29, 1.82) is 0 Å². The molecule has 15 heavy (non-hydrogen) atoms. The lowest BCUT2D eigenvalue weighted by atomic mass is 10.1. The third kappa shape index (κ3) is 2.70. The molecule has 0 heterocycles. The highest BCUT2D eigenvalue weighted by molar-refractivity contribution is 7.99. The number of nitro groups is 1. The third-order valence-electron chi connectivity index (χ3n) is 1.74. The van der Waals surface area contributed by atoms with Gasteiger partial charge in [-0.3, -0.25) is 14.9 Å². The van der Waals surface area contributed by atoms with E-state index in [1.54, 1.807) is 6.26 Å². The maximum Gasteiger partial charge on any atom is 0.281 e. The van der Waals surface area contributed by atoms with Gasteiger partial charge in [-0.2, -0.15) is 11.8 Å². The first-order valence-corrected chi connectivity index (χ1v) is 5.80. The summed E-state index contributed by atoms with van der Waals surface area (Å²) < 4.78 is 0. The Bertz CT molecular complexity index is 408.